The smallest absolute Gasteiger partial charge is 0.337 e. The lowest BCUT2D eigenvalue weighted by molar-refractivity contribution is -0.123. The first-order valence-electron chi connectivity index (χ1n) is 11.5. The van der Waals surface area contributed by atoms with Crippen LogP contribution in [0.4, 0.5) is 4.79 Å². The molecule has 1 saturated heterocycles. The van der Waals surface area contributed by atoms with Crippen molar-refractivity contribution < 1.29 is 19.1 Å². The van der Waals surface area contributed by atoms with Gasteiger partial charge in [-0.05, 0) is 54.1 Å². The number of rotatable bonds is 6. The van der Waals surface area contributed by atoms with Gasteiger partial charge in [-0.15, -0.1) is 0 Å². The third-order valence-corrected chi connectivity index (χ3v) is 7.01. The molecule has 2 heterocycles. The second-order valence-electron chi connectivity index (χ2n) is 8.68. The molecule has 1 aliphatic rings. The average molecular weight is 497 g/mol. The van der Waals surface area contributed by atoms with Crippen LogP contribution in [0, 0.1) is 6.92 Å². The third kappa shape index (κ3) is 4.70. The van der Waals surface area contributed by atoms with Crippen molar-refractivity contribution in [3.63, 3.8) is 0 Å². The summed E-state index contributed by atoms with van der Waals surface area (Å²) >= 11 is 0.967. The average Bonchev–Trinajstić information content (AvgIpc) is 3.35. The first-order valence-corrected chi connectivity index (χ1v) is 12.3. The van der Waals surface area contributed by atoms with Gasteiger partial charge in [-0.2, -0.15) is 0 Å². The third-order valence-electron chi connectivity index (χ3n) is 6.10. The number of methoxy groups -OCH3 is 1. The molecule has 6 nitrogen and oxygen atoms in total. The number of para-hydroxylation sites is 1. The molecule has 36 heavy (non-hydrogen) atoms. The molecule has 0 radical (unpaired) electrons. The van der Waals surface area contributed by atoms with Gasteiger partial charge in [0.05, 0.1) is 24.1 Å². The lowest BCUT2D eigenvalue weighted by Gasteiger charge is -2.12. The number of nitrogens with zero attached hydrogens (tertiary/aromatic N) is 2. The maximum Gasteiger partial charge on any atom is 0.337 e. The summed E-state index contributed by atoms with van der Waals surface area (Å²) in [5.74, 6) is -0.662. The SMILES string of the molecule is COC(=O)c1cccc(Cn2cc(/C=C3\SC(=O)N(Cc4cccc(C)c4)C3=O)c3ccccc32)c1. The lowest BCUT2D eigenvalue weighted by atomic mass is 10.1. The van der Waals surface area contributed by atoms with Crippen molar-refractivity contribution in [2.24, 2.45) is 0 Å². The molecule has 1 fully saturated rings. The van der Waals surface area contributed by atoms with Crippen molar-refractivity contribution >= 4 is 45.9 Å². The Balaban J connectivity index is 1.45. The van der Waals surface area contributed by atoms with Crippen LogP contribution in [0.15, 0.2) is 83.9 Å². The fourth-order valence-corrected chi connectivity index (χ4v) is 5.23. The molecule has 180 valence electrons. The van der Waals surface area contributed by atoms with E-state index in [0.29, 0.717) is 17.0 Å². The summed E-state index contributed by atoms with van der Waals surface area (Å²) in [5.41, 5.74) is 5.30. The minimum Gasteiger partial charge on any atom is -0.465 e. The van der Waals surface area contributed by atoms with Gasteiger partial charge >= 0.3 is 5.97 Å². The molecule has 0 saturated carbocycles. The van der Waals surface area contributed by atoms with Crippen LogP contribution >= 0.6 is 11.8 Å². The van der Waals surface area contributed by atoms with E-state index in [1.807, 2.05) is 79.9 Å². The Morgan fingerprint density at radius 3 is 2.47 bits per heavy atom. The predicted molar refractivity (Wildman–Crippen MR) is 142 cm³/mol. The van der Waals surface area contributed by atoms with Gasteiger partial charge in [0.2, 0.25) is 0 Å². The summed E-state index contributed by atoms with van der Waals surface area (Å²) in [6.07, 6.45) is 3.77. The number of esters is 1. The van der Waals surface area contributed by atoms with Gasteiger partial charge in [0.25, 0.3) is 11.1 Å². The number of hydrogen-bond acceptors (Lipinski definition) is 5. The number of carbonyl (C=O) groups is 3. The van der Waals surface area contributed by atoms with Gasteiger partial charge in [-0.1, -0.05) is 60.2 Å². The number of benzene rings is 3. The summed E-state index contributed by atoms with van der Waals surface area (Å²) in [6.45, 7) is 2.77. The predicted octanol–water partition coefficient (Wildman–Crippen LogP) is 6.02. The van der Waals surface area contributed by atoms with Gasteiger partial charge < -0.3 is 9.30 Å². The van der Waals surface area contributed by atoms with Crippen LogP contribution in [0.1, 0.15) is 32.6 Å². The number of fused-ring (bicyclic) bond motifs is 1. The standard InChI is InChI=1S/C29H24N2O4S/c1-19-7-5-8-20(13-19)17-31-27(32)26(36-29(31)34)15-23-18-30(25-12-4-3-11-24(23)25)16-21-9-6-10-22(14-21)28(33)35-2/h3-15,18H,16-17H2,1-2H3/b26-15-. The van der Waals surface area contributed by atoms with Crippen LogP contribution in [0.5, 0.6) is 0 Å². The minimum atomic E-state index is -0.378. The number of aryl methyl sites for hydroxylation is 1. The van der Waals surface area contributed by atoms with E-state index >= 15 is 0 Å². The van der Waals surface area contributed by atoms with Crippen LogP contribution in [-0.2, 0) is 22.6 Å². The summed E-state index contributed by atoms with van der Waals surface area (Å²) in [6, 6.07) is 23.1. The lowest BCUT2D eigenvalue weighted by Crippen LogP contribution is -2.27. The second-order valence-corrected chi connectivity index (χ2v) is 9.67. The molecule has 0 bridgehead atoms. The normalized spacial score (nSPS) is 14.7. The van der Waals surface area contributed by atoms with Crippen molar-refractivity contribution in [3.05, 3.63) is 112 Å². The van der Waals surface area contributed by atoms with Crippen LogP contribution in [0.25, 0.3) is 17.0 Å². The van der Waals surface area contributed by atoms with Gasteiger partial charge in [0.15, 0.2) is 0 Å². The second kappa shape index (κ2) is 9.87. The highest BCUT2D eigenvalue weighted by atomic mass is 32.2. The Kier molecular flexibility index (Phi) is 6.48. The molecule has 5 rings (SSSR count). The number of ether oxygens (including phenoxy) is 1. The number of hydrogen-bond donors (Lipinski definition) is 0. The molecule has 0 N–H and O–H groups in total. The van der Waals surface area contributed by atoms with Gasteiger partial charge in [0.1, 0.15) is 0 Å². The maximum atomic E-state index is 13.1. The minimum absolute atomic E-state index is 0.252. The molecule has 2 amide bonds. The van der Waals surface area contributed by atoms with Crippen LogP contribution in [0.2, 0.25) is 0 Å². The Morgan fingerprint density at radius 1 is 0.944 bits per heavy atom. The van der Waals surface area contributed by atoms with E-state index in [2.05, 4.69) is 4.57 Å². The van der Waals surface area contributed by atoms with Gasteiger partial charge in [0, 0.05) is 29.2 Å². The van der Waals surface area contributed by atoms with Gasteiger partial charge in [-0.25, -0.2) is 4.79 Å². The maximum absolute atomic E-state index is 13.1. The molecule has 3 aromatic carbocycles. The van der Waals surface area contributed by atoms with E-state index < -0.39 is 0 Å². The van der Waals surface area contributed by atoms with Crippen molar-refractivity contribution in [2.45, 2.75) is 20.0 Å². The molecule has 0 atom stereocenters. The molecule has 0 aliphatic carbocycles. The zero-order chi connectivity index (χ0) is 25.2. The van der Waals surface area contributed by atoms with Crippen LogP contribution in [0.3, 0.4) is 0 Å². The number of imide groups is 1. The van der Waals surface area contributed by atoms with E-state index in [9.17, 15) is 14.4 Å². The van der Waals surface area contributed by atoms with Crippen molar-refractivity contribution in [3.8, 4) is 0 Å². The molecule has 0 spiro atoms. The fraction of sp³-hybridized carbons (Fsp3) is 0.138. The summed E-state index contributed by atoms with van der Waals surface area (Å²) in [4.78, 5) is 39.5. The first kappa shape index (κ1) is 23.6. The Hall–Kier alpha value is -4.10. The fourth-order valence-electron chi connectivity index (χ4n) is 4.40. The zero-order valence-electron chi connectivity index (χ0n) is 19.9. The molecule has 7 heteroatoms. The van der Waals surface area contributed by atoms with E-state index in [1.54, 1.807) is 12.1 Å². The molecular weight excluding hydrogens is 472 g/mol. The number of amides is 2. The van der Waals surface area contributed by atoms with Gasteiger partial charge in [-0.3, -0.25) is 14.5 Å². The number of carbonyl (C=O) groups excluding carboxylic acids is 3. The van der Waals surface area contributed by atoms with Crippen molar-refractivity contribution in [1.29, 1.82) is 0 Å². The highest BCUT2D eigenvalue weighted by molar-refractivity contribution is 8.18. The Labute approximate surface area is 213 Å². The number of aromatic nitrogens is 1. The zero-order valence-corrected chi connectivity index (χ0v) is 20.7. The van der Waals surface area contributed by atoms with Crippen molar-refractivity contribution in [1.82, 2.24) is 9.47 Å². The molecule has 0 unspecified atom stereocenters. The van der Waals surface area contributed by atoms with Crippen molar-refractivity contribution in [2.75, 3.05) is 7.11 Å². The Morgan fingerprint density at radius 2 is 1.69 bits per heavy atom. The molecule has 1 aromatic heterocycles. The van der Waals surface area contributed by atoms with E-state index in [1.165, 1.54) is 12.0 Å². The topological polar surface area (TPSA) is 68.6 Å². The highest BCUT2D eigenvalue weighted by Gasteiger charge is 2.35. The monoisotopic (exact) mass is 496 g/mol. The molecule has 1 aliphatic heterocycles. The first-order chi connectivity index (χ1) is 17.4. The van der Waals surface area contributed by atoms with Crippen LogP contribution < -0.4 is 0 Å². The van der Waals surface area contributed by atoms with E-state index in [-0.39, 0.29) is 23.7 Å². The van der Waals surface area contributed by atoms with E-state index in [0.717, 1.165) is 44.9 Å². The Bertz CT molecular complexity index is 1540. The quantitative estimate of drug-likeness (QED) is 0.241. The largest absolute Gasteiger partial charge is 0.465 e. The highest BCUT2D eigenvalue weighted by Crippen LogP contribution is 2.35. The van der Waals surface area contributed by atoms with E-state index in [4.69, 9.17) is 4.74 Å². The molecule has 4 aromatic rings. The summed E-state index contributed by atoms with van der Waals surface area (Å²) in [7, 11) is 1.36. The van der Waals surface area contributed by atoms with Crippen LogP contribution in [-0.4, -0.2) is 33.7 Å². The number of thioether (sulfide) groups is 1. The summed E-state index contributed by atoms with van der Waals surface area (Å²) < 4.78 is 6.92. The summed E-state index contributed by atoms with van der Waals surface area (Å²) in [5, 5.41) is 0.711. The molecular formula is C29H24N2O4S.